The Morgan fingerprint density at radius 1 is 1.54 bits per heavy atom. The molecule has 1 heterocycles. The van der Waals surface area contributed by atoms with Crippen LogP contribution in [0.1, 0.15) is 19.3 Å². The summed E-state index contributed by atoms with van der Waals surface area (Å²) >= 11 is 0. The molecular weight excluding hydrogens is 162 g/mol. The van der Waals surface area contributed by atoms with Crippen LogP contribution in [-0.4, -0.2) is 49.5 Å². The van der Waals surface area contributed by atoms with Gasteiger partial charge in [-0.1, -0.05) is 0 Å². The second kappa shape index (κ2) is 3.56. The van der Waals surface area contributed by atoms with Crippen molar-refractivity contribution >= 4 is 5.96 Å². The van der Waals surface area contributed by atoms with E-state index in [0.29, 0.717) is 0 Å². The van der Waals surface area contributed by atoms with Gasteiger partial charge in [0.05, 0.1) is 0 Å². The molecule has 0 aromatic heterocycles. The Labute approximate surface area is 80.4 Å². The molecule has 3 nitrogen and oxygen atoms in total. The SMILES string of the molecule is CN1CCCN=C1N(C)CC1CC1. The van der Waals surface area contributed by atoms with Gasteiger partial charge < -0.3 is 9.80 Å². The van der Waals surface area contributed by atoms with Crippen molar-refractivity contribution in [2.45, 2.75) is 19.3 Å². The van der Waals surface area contributed by atoms with Crippen molar-refractivity contribution in [3.8, 4) is 0 Å². The Morgan fingerprint density at radius 3 is 2.92 bits per heavy atom. The Morgan fingerprint density at radius 2 is 2.31 bits per heavy atom. The van der Waals surface area contributed by atoms with Crippen LogP contribution in [0.5, 0.6) is 0 Å². The molecule has 74 valence electrons. The van der Waals surface area contributed by atoms with Gasteiger partial charge in [-0.25, -0.2) is 0 Å². The average Bonchev–Trinajstić information content (AvgIpc) is 2.89. The van der Waals surface area contributed by atoms with Gasteiger partial charge >= 0.3 is 0 Å². The van der Waals surface area contributed by atoms with Gasteiger partial charge in [0.15, 0.2) is 5.96 Å². The van der Waals surface area contributed by atoms with Gasteiger partial charge in [-0.15, -0.1) is 0 Å². The van der Waals surface area contributed by atoms with Gasteiger partial charge in [-0.2, -0.15) is 0 Å². The monoisotopic (exact) mass is 181 g/mol. The van der Waals surface area contributed by atoms with E-state index in [2.05, 4.69) is 28.9 Å². The standard InChI is InChI=1S/C10H19N3/c1-12-7-3-6-11-10(12)13(2)8-9-4-5-9/h9H,3-8H2,1-2H3. The lowest BCUT2D eigenvalue weighted by Gasteiger charge is -2.31. The Hall–Kier alpha value is -0.730. The van der Waals surface area contributed by atoms with Gasteiger partial charge in [0, 0.05) is 33.7 Å². The van der Waals surface area contributed by atoms with Crippen molar-refractivity contribution in [2.24, 2.45) is 10.9 Å². The first-order valence-electron chi connectivity index (χ1n) is 5.24. The Balaban J connectivity index is 1.91. The lowest BCUT2D eigenvalue weighted by atomic mass is 10.3. The van der Waals surface area contributed by atoms with Crippen molar-refractivity contribution in [2.75, 3.05) is 33.7 Å². The summed E-state index contributed by atoms with van der Waals surface area (Å²) in [4.78, 5) is 9.15. The largest absolute Gasteiger partial charge is 0.346 e. The zero-order valence-corrected chi connectivity index (χ0v) is 8.66. The molecule has 2 rings (SSSR count). The molecule has 1 aliphatic carbocycles. The maximum atomic E-state index is 4.56. The third kappa shape index (κ3) is 2.14. The molecular formula is C10H19N3. The maximum Gasteiger partial charge on any atom is 0.196 e. The van der Waals surface area contributed by atoms with Crippen molar-refractivity contribution in [3.63, 3.8) is 0 Å². The molecule has 0 aromatic rings. The zero-order chi connectivity index (χ0) is 9.26. The van der Waals surface area contributed by atoms with E-state index in [1.165, 1.54) is 31.8 Å². The third-order valence-corrected chi connectivity index (χ3v) is 2.82. The second-order valence-corrected chi connectivity index (χ2v) is 4.28. The lowest BCUT2D eigenvalue weighted by molar-refractivity contribution is 0.357. The molecule has 0 spiro atoms. The molecule has 0 unspecified atom stereocenters. The minimum absolute atomic E-state index is 0.947. The number of guanidine groups is 1. The highest BCUT2D eigenvalue weighted by Gasteiger charge is 2.25. The maximum absolute atomic E-state index is 4.56. The topological polar surface area (TPSA) is 18.8 Å². The summed E-state index contributed by atoms with van der Waals surface area (Å²) in [6, 6.07) is 0. The Kier molecular flexibility index (Phi) is 2.42. The van der Waals surface area contributed by atoms with Gasteiger partial charge in [-0.3, -0.25) is 4.99 Å². The molecule has 0 saturated heterocycles. The van der Waals surface area contributed by atoms with E-state index < -0.39 is 0 Å². The van der Waals surface area contributed by atoms with E-state index >= 15 is 0 Å². The fraction of sp³-hybridized carbons (Fsp3) is 0.900. The highest BCUT2D eigenvalue weighted by Crippen LogP contribution is 2.29. The van der Waals surface area contributed by atoms with Gasteiger partial charge in [-0.05, 0) is 25.2 Å². The molecule has 0 atom stereocenters. The second-order valence-electron chi connectivity index (χ2n) is 4.28. The van der Waals surface area contributed by atoms with Crippen LogP contribution in [-0.2, 0) is 0 Å². The van der Waals surface area contributed by atoms with E-state index in [9.17, 15) is 0 Å². The fourth-order valence-corrected chi connectivity index (χ4v) is 1.89. The molecule has 1 aliphatic heterocycles. The summed E-state index contributed by atoms with van der Waals surface area (Å²) in [5.74, 6) is 2.14. The lowest BCUT2D eigenvalue weighted by Crippen LogP contribution is -2.43. The van der Waals surface area contributed by atoms with Gasteiger partial charge in [0.25, 0.3) is 0 Å². The van der Waals surface area contributed by atoms with Crippen LogP contribution in [0.25, 0.3) is 0 Å². The number of hydrogen-bond acceptors (Lipinski definition) is 3. The van der Waals surface area contributed by atoms with Crippen LogP contribution >= 0.6 is 0 Å². The highest BCUT2D eigenvalue weighted by atomic mass is 15.4. The van der Waals surface area contributed by atoms with Crippen molar-refractivity contribution in [1.29, 1.82) is 0 Å². The normalized spacial score (nSPS) is 22.9. The molecule has 1 saturated carbocycles. The van der Waals surface area contributed by atoms with Crippen LogP contribution in [0.4, 0.5) is 0 Å². The molecule has 0 bridgehead atoms. The summed E-state index contributed by atoms with van der Waals surface area (Å²) < 4.78 is 0. The van der Waals surface area contributed by atoms with Crippen LogP contribution in [0.3, 0.4) is 0 Å². The van der Waals surface area contributed by atoms with Crippen molar-refractivity contribution < 1.29 is 0 Å². The van der Waals surface area contributed by atoms with Crippen LogP contribution < -0.4 is 0 Å². The predicted octanol–water partition coefficient (Wildman–Crippen LogP) is 1.02. The van der Waals surface area contributed by atoms with Crippen molar-refractivity contribution in [1.82, 2.24) is 9.80 Å². The molecule has 3 heteroatoms. The predicted molar refractivity (Wildman–Crippen MR) is 54.9 cm³/mol. The van der Waals surface area contributed by atoms with E-state index in [1.54, 1.807) is 0 Å². The number of aliphatic imine (C=N–C) groups is 1. The molecule has 13 heavy (non-hydrogen) atoms. The Bertz CT molecular complexity index is 208. The zero-order valence-electron chi connectivity index (χ0n) is 8.66. The van der Waals surface area contributed by atoms with Crippen molar-refractivity contribution in [3.05, 3.63) is 0 Å². The van der Waals surface area contributed by atoms with Gasteiger partial charge in [0.1, 0.15) is 0 Å². The van der Waals surface area contributed by atoms with E-state index in [-0.39, 0.29) is 0 Å². The summed E-state index contributed by atoms with van der Waals surface area (Å²) in [7, 11) is 4.31. The van der Waals surface area contributed by atoms with Crippen LogP contribution in [0, 0.1) is 5.92 Å². The summed E-state index contributed by atoms with van der Waals surface area (Å²) in [6.07, 6.45) is 4.04. The van der Waals surface area contributed by atoms with E-state index in [4.69, 9.17) is 0 Å². The molecule has 0 N–H and O–H groups in total. The first-order chi connectivity index (χ1) is 6.27. The van der Waals surface area contributed by atoms with Gasteiger partial charge in [0.2, 0.25) is 0 Å². The molecule has 0 radical (unpaired) electrons. The molecule has 1 fully saturated rings. The van der Waals surface area contributed by atoms with Crippen LogP contribution in [0.2, 0.25) is 0 Å². The molecule has 0 amide bonds. The minimum Gasteiger partial charge on any atom is -0.346 e. The smallest absolute Gasteiger partial charge is 0.196 e. The number of rotatable bonds is 2. The minimum atomic E-state index is 0.947. The highest BCUT2D eigenvalue weighted by molar-refractivity contribution is 5.80. The third-order valence-electron chi connectivity index (χ3n) is 2.82. The fourth-order valence-electron chi connectivity index (χ4n) is 1.89. The quantitative estimate of drug-likeness (QED) is 0.633. The first kappa shape index (κ1) is 8.85. The average molecular weight is 181 g/mol. The van der Waals surface area contributed by atoms with E-state index in [0.717, 1.165) is 19.0 Å². The molecule has 2 aliphatic rings. The number of hydrogen-bond donors (Lipinski definition) is 0. The summed E-state index contributed by atoms with van der Waals surface area (Å²) in [5.41, 5.74) is 0. The first-order valence-corrected chi connectivity index (χ1v) is 5.24. The van der Waals surface area contributed by atoms with E-state index in [1.807, 2.05) is 0 Å². The van der Waals surface area contributed by atoms with Crippen LogP contribution in [0.15, 0.2) is 4.99 Å². The summed E-state index contributed by atoms with van der Waals surface area (Å²) in [6.45, 7) is 3.37. The molecule has 0 aromatic carbocycles. The number of nitrogens with zero attached hydrogens (tertiary/aromatic N) is 3. The summed E-state index contributed by atoms with van der Waals surface area (Å²) in [5, 5.41) is 0.